The van der Waals surface area contributed by atoms with Crippen LogP contribution < -0.4 is 0 Å². The summed E-state index contributed by atoms with van der Waals surface area (Å²) in [7, 11) is 0. The lowest BCUT2D eigenvalue weighted by Gasteiger charge is -2.43. The van der Waals surface area contributed by atoms with Gasteiger partial charge in [-0.1, -0.05) is 6.08 Å². The predicted octanol–water partition coefficient (Wildman–Crippen LogP) is -1.70. The number of hydrogen-bond donors (Lipinski definition) is 4. The van der Waals surface area contributed by atoms with E-state index in [0.717, 1.165) is 0 Å². The number of esters is 1. The first-order valence-corrected chi connectivity index (χ1v) is 8.45. The molecule has 10 nitrogen and oxygen atoms in total. The van der Waals surface area contributed by atoms with E-state index in [9.17, 15) is 25.2 Å². The van der Waals surface area contributed by atoms with E-state index in [0.29, 0.717) is 0 Å². The maximum atomic E-state index is 12.0. The topological polar surface area (TPSA) is 159 Å². The maximum Gasteiger partial charge on any atom is 0.338 e. The van der Waals surface area contributed by atoms with Crippen molar-refractivity contribution in [2.45, 2.75) is 49.5 Å². The van der Waals surface area contributed by atoms with Gasteiger partial charge in [-0.15, -0.1) is 6.58 Å². The molecule has 0 saturated carbocycles. The van der Waals surface area contributed by atoms with Crippen LogP contribution in [0.15, 0.2) is 24.5 Å². The molecule has 0 aromatic heterocycles. The molecule has 0 amide bonds. The first-order chi connectivity index (χ1) is 12.9. The van der Waals surface area contributed by atoms with Gasteiger partial charge in [-0.3, -0.25) is 0 Å². The molecule has 0 aromatic rings. The Balaban J connectivity index is 1.78. The number of nitriles is 1. The average Bonchev–Trinajstić information content (AvgIpc) is 2.67. The number of cyclic esters (lactones) is 1. The summed E-state index contributed by atoms with van der Waals surface area (Å²) < 4.78 is 21.4. The van der Waals surface area contributed by atoms with Gasteiger partial charge in [0.25, 0.3) is 0 Å². The second-order valence-corrected chi connectivity index (χ2v) is 6.59. The monoisotopic (exact) mass is 383 g/mol. The molecule has 0 radical (unpaired) electrons. The standard InChI is InChI=1S/C17H21NO9/c1-2-8-9-3-7(4-18)25-15(23)10(9)6-24-16(8)27-17-14(22)13(21)12(20)11(5-19)26-17/h2,6-9,11-14,16-17,19-22H,1,3,5H2. The second-order valence-electron chi connectivity index (χ2n) is 6.59. The summed E-state index contributed by atoms with van der Waals surface area (Å²) in [5, 5.41) is 48.1. The Morgan fingerprint density at radius 3 is 2.67 bits per heavy atom. The second kappa shape index (κ2) is 7.93. The number of aliphatic hydroxyl groups excluding tert-OH is 4. The summed E-state index contributed by atoms with van der Waals surface area (Å²) >= 11 is 0. The third kappa shape index (κ3) is 3.58. The zero-order chi connectivity index (χ0) is 19.7. The van der Waals surface area contributed by atoms with E-state index in [2.05, 4.69) is 6.58 Å². The van der Waals surface area contributed by atoms with Crippen LogP contribution in [0.1, 0.15) is 6.42 Å². The largest absolute Gasteiger partial charge is 0.471 e. The van der Waals surface area contributed by atoms with Crippen molar-refractivity contribution in [2.24, 2.45) is 11.8 Å². The number of aliphatic hydroxyl groups is 4. The molecule has 2 saturated heterocycles. The fourth-order valence-corrected chi connectivity index (χ4v) is 3.46. The van der Waals surface area contributed by atoms with E-state index in [1.165, 1.54) is 12.3 Å². The molecule has 9 unspecified atom stereocenters. The number of ether oxygens (including phenoxy) is 4. The number of fused-ring (bicyclic) bond motifs is 1. The number of nitrogens with zero attached hydrogens (tertiary/aromatic N) is 1. The molecule has 10 heteroatoms. The molecular weight excluding hydrogens is 362 g/mol. The highest BCUT2D eigenvalue weighted by atomic mass is 16.8. The maximum absolute atomic E-state index is 12.0. The zero-order valence-electron chi connectivity index (χ0n) is 14.2. The van der Waals surface area contributed by atoms with Crippen LogP contribution >= 0.6 is 0 Å². The highest BCUT2D eigenvalue weighted by molar-refractivity contribution is 5.90. The van der Waals surface area contributed by atoms with Gasteiger partial charge in [0, 0.05) is 18.3 Å². The van der Waals surface area contributed by atoms with Crippen molar-refractivity contribution >= 4 is 5.97 Å². The van der Waals surface area contributed by atoms with Gasteiger partial charge in [-0.05, 0) is 0 Å². The summed E-state index contributed by atoms with van der Waals surface area (Å²) in [5.41, 5.74) is 0.250. The molecule has 3 rings (SSSR count). The first-order valence-electron chi connectivity index (χ1n) is 8.45. The highest BCUT2D eigenvalue weighted by Gasteiger charge is 2.49. The van der Waals surface area contributed by atoms with Gasteiger partial charge in [0.05, 0.1) is 18.4 Å². The summed E-state index contributed by atoms with van der Waals surface area (Å²) in [6, 6.07) is 1.90. The smallest absolute Gasteiger partial charge is 0.338 e. The van der Waals surface area contributed by atoms with E-state index in [4.69, 9.17) is 24.2 Å². The fourth-order valence-electron chi connectivity index (χ4n) is 3.46. The summed E-state index contributed by atoms with van der Waals surface area (Å²) in [5.74, 6) is -1.67. The first kappa shape index (κ1) is 19.8. The fraction of sp³-hybridized carbons (Fsp3) is 0.647. The molecule has 0 aromatic carbocycles. The van der Waals surface area contributed by atoms with Crippen LogP contribution in [-0.4, -0.2) is 76.1 Å². The van der Waals surface area contributed by atoms with E-state index < -0.39 is 67.5 Å². The SMILES string of the molecule is C=CC1C(OC2OC(CO)C(O)C(O)C2O)OC=C2C(=O)OC(C#N)CC21. The Morgan fingerprint density at radius 2 is 2.04 bits per heavy atom. The molecule has 0 bridgehead atoms. The molecule has 148 valence electrons. The van der Waals surface area contributed by atoms with Gasteiger partial charge >= 0.3 is 5.97 Å². The minimum absolute atomic E-state index is 0.225. The van der Waals surface area contributed by atoms with Crippen LogP contribution in [0, 0.1) is 23.2 Å². The van der Waals surface area contributed by atoms with Crippen LogP contribution in [0.5, 0.6) is 0 Å². The quantitative estimate of drug-likeness (QED) is 0.326. The molecule has 3 aliphatic heterocycles. The van der Waals surface area contributed by atoms with Crippen molar-refractivity contribution in [3.63, 3.8) is 0 Å². The van der Waals surface area contributed by atoms with Gasteiger partial charge < -0.3 is 39.4 Å². The molecule has 0 spiro atoms. The minimum Gasteiger partial charge on any atom is -0.471 e. The van der Waals surface area contributed by atoms with Crippen LogP contribution in [0.2, 0.25) is 0 Å². The lowest BCUT2D eigenvalue weighted by atomic mass is 9.79. The highest BCUT2D eigenvalue weighted by Crippen LogP contribution is 2.40. The van der Waals surface area contributed by atoms with Crippen molar-refractivity contribution in [2.75, 3.05) is 6.61 Å². The zero-order valence-corrected chi connectivity index (χ0v) is 14.2. The van der Waals surface area contributed by atoms with Gasteiger partial charge in [0.1, 0.15) is 30.5 Å². The van der Waals surface area contributed by atoms with Crippen molar-refractivity contribution in [3.05, 3.63) is 24.5 Å². The molecule has 0 aliphatic carbocycles. The number of carbonyl (C=O) groups is 1. The van der Waals surface area contributed by atoms with Crippen molar-refractivity contribution in [3.8, 4) is 6.07 Å². The van der Waals surface area contributed by atoms with Gasteiger partial charge in [0.2, 0.25) is 6.29 Å². The Kier molecular flexibility index (Phi) is 5.81. The molecular formula is C17H21NO9. The summed E-state index contributed by atoms with van der Waals surface area (Å²) in [6.45, 7) is 3.12. The lowest BCUT2D eigenvalue weighted by Crippen LogP contribution is -2.60. The van der Waals surface area contributed by atoms with Crippen molar-refractivity contribution in [1.82, 2.24) is 0 Å². The average molecular weight is 383 g/mol. The molecule has 4 N–H and O–H groups in total. The van der Waals surface area contributed by atoms with E-state index in [1.54, 1.807) is 0 Å². The molecule has 3 aliphatic rings. The third-order valence-corrected chi connectivity index (χ3v) is 4.99. The normalized spacial score (nSPS) is 44.2. The van der Waals surface area contributed by atoms with Gasteiger partial charge in [-0.25, -0.2) is 4.79 Å². The molecule has 2 fully saturated rings. The summed E-state index contributed by atoms with van der Waals surface area (Å²) in [6.07, 6.45) is -6.27. The van der Waals surface area contributed by atoms with E-state index >= 15 is 0 Å². The Bertz CT molecular complexity index is 657. The Labute approximate surface area is 154 Å². The van der Waals surface area contributed by atoms with E-state index in [-0.39, 0.29) is 12.0 Å². The third-order valence-electron chi connectivity index (χ3n) is 4.99. The van der Waals surface area contributed by atoms with Crippen LogP contribution in [0.25, 0.3) is 0 Å². The lowest BCUT2D eigenvalue weighted by molar-refractivity contribution is -0.339. The molecule has 27 heavy (non-hydrogen) atoms. The Morgan fingerprint density at radius 1 is 1.30 bits per heavy atom. The number of hydrogen-bond acceptors (Lipinski definition) is 10. The molecule has 9 atom stereocenters. The van der Waals surface area contributed by atoms with Crippen molar-refractivity contribution < 1.29 is 44.2 Å². The Hall–Kier alpha value is -2.00. The van der Waals surface area contributed by atoms with Gasteiger partial charge in [-0.2, -0.15) is 5.26 Å². The summed E-state index contributed by atoms with van der Waals surface area (Å²) in [4.78, 5) is 12.0. The van der Waals surface area contributed by atoms with Crippen LogP contribution in [0.3, 0.4) is 0 Å². The molecule has 3 heterocycles. The van der Waals surface area contributed by atoms with Crippen molar-refractivity contribution in [1.29, 1.82) is 5.26 Å². The van der Waals surface area contributed by atoms with Crippen LogP contribution in [0.4, 0.5) is 0 Å². The minimum atomic E-state index is -1.59. The number of rotatable bonds is 4. The van der Waals surface area contributed by atoms with E-state index in [1.807, 2.05) is 6.07 Å². The predicted molar refractivity (Wildman–Crippen MR) is 85.1 cm³/mol. The number of carbonyl (C=O) groups excluding carboxylic acids is 1. The van der Waals surface area contributed by atoms with Crippen LogP contribution in [-0.2, 0) is 23.7 Å². The van der Waals surface area contributed by atoms with Gasteiger partial charge in [0.15, 0.2) is 12.4 Å².